The lowest BCUT2D eigenvalue weighted by Gasteiger charge is -2.04. The summed E-state index contributed by atoms with van der Waals surface area (Å²) in [5.41, 5.74) is 8.21. The van der Waals surface area contributed by atoms with Crippen molar-refractivity contribution in [1.29, 1.82) is 0 Å². The zero-order valence-electron chi connectivity index (χ0n) is 10.8. The summed E-state index contributed by atoms with van der Waals surface area (Å²) in [6.07, 6.45) is 6.82. The zero-order chi connectivity index (χ0) is 14.3. The summed E-state index contributed by atoms with van der Waals surface area (Å²) >= 11 is 0. The molecule has 19 heavy (non-hydrogen) atoms. The molecule has 0 unspecified atom stereocenters. The average Bonchev–Trinajstić information content (AvgIpc) is 2.44. The van der Waals surface area contributed by atoms with Crippen molar-refractivity contribution in [3.05, 3.63) is 59.8 Å². The van der Waals surface area contributed by atoms with Gasteiger partial charge in [0.15, 0.2) is 0 Å². The summed E-state index contributed by atoms with van der Waals surface area (Å²) in [6.45, 7) is 7.04. The minimum Gasteiger partial charge on any atom is -0.465 e. The predicted molar refractivity (Wildman–Crippen MR) is 79.1 cm³/mol. The summed E-state index contributed by atoms with van der Waals surface area (Å²) in [7, 11) is 1.33. The molecule has 0 aliphatic rings. The third-order valence-electron chi connectivity index (χ3n) is 2.41. The molecule has 0 radical (unpaired) electrons. The van der Waals surface area contributed by atoms with Crippen LogP contribution in [0.2, 0.25) is 0 Å². The van der Waals surface area contributed by atoms with Crippen molar-refractivity contribution >= 4 is 24.5 Å². The molecule has 0 saturated heterocycles. The van der Waals surface area contributed by atoms with E-state index in [0.717, 1.165) is 0 Å². The Kier molecular flexibility index (Phi) is 5.29. The van der Waals surface area contributed by atoms with Gasteiger partial charge in [0.25, 0.3) is 0 Å². The first kappa shape index (κ1) is 14.4. The van der Waals surface area contributed by atoms with E-state index in [1.807, 2.05) is 0 Å². The topological polar surface area (TPSA) is 64.7 Å². The average molecular weight is 256 g/mol. The SMILES string of the molecule is C=C/C=C(/C=C/c1cc(C(=O)OC)ccc1N)N=C. The van der Waals surface area contributed by atoms with E-state index in [1.54, 1.807) is 42.5 Å². The van der Waals surface area contributed by atoms with E-state index < -0.39 is 5.97 Å². The highest BCUT2D eigenvalue weighted by Crippen LogP contribution is 2.17. The highest BCUT2D eigenvalue weighted by atomic mass is 16.5. The van der Waals surface area contributed by atoms with Crippen molar-refractivity contribution < 1.29 is 9.53 Å². The number of nitrogens with zero attached hydrogens (tertiary/aromatic N) is 1. The van der Waals surface area contributed by atoms with Crippen LogP contribution >= 0.6 is 0 Å². The maximum absolute atomic E-state index is 11.4. The van der Waals surface area contributed by atoms with Gasteiger partial charge in [-0.1, -0.05) is 18.7 Å². The number of hydrogen-bond donors (Lipinski definition) is 1. The molecule has 4 heteroatoms. The summed E-state index contributed by atoms with van der Waals surface area (Å²) in [6, 6.07) is 4.93. The van der Waals surface area contributed by atoms with Gasteiger partial charge >= 0.3 is 5.97 Å². The van der Waals surface area contributed by atoms with Crippen LogP contribution < -0.4 is 5.73 Å². The molecule has 2 N–H and O–H groups in total. The van der Waals surface area contributed by atoms with E-state index in [9.17, 15) is 4.79 Å². The van der Waals surface area contributed by atoms with E-state index in [-0.39, 0.29) is 0 Å². The van der Waals surface area contributed by atoms with Gasteiger partial charge in [-0.3, -0.25) is 4.99 Å². The second kappa shape index (κ2) is 6.96. The number of nitrogens with two attached hydrogens (primary N) is 1. The second-order valence-electron chi connectivity index (χ2n) is 3.65. The van der Waals surface area contributed by atoms with Gasteiger partial charge in [-0.2, -0.15) is 0 Å². The Bertz CT molecular complexity index is 557. The van der Waals surface area contributed by atoms with Gasteiger partial charge in [-0.15, -0.1) is 0 Å². The Labute approximate surface area is 112 Å². The van der Waals surface area contributed by atoms with Crippen LogP contribution in [0, 0.1) is 0 Å². The standard InChI is InChI=1S/C15H16N2O2/c1-4-5-13(17-2)8-6-11-10-12(15(18)19-3)7-9-14(11)16/h4-10H,1-2,16H2,3H3/b8-6+,13-5-. The van der Waals surface area contributed by atoms with Crippen molar-refractivity contribution in [2.24, 2.45) is 4.99 Å². The van der Waals surface area contributed by atoms with Gasteiger partial charge in [0.1, 0.15) is 0 Å². The summed E-state index contributed by atoms with van der Waals surface area (Å²) in [5.74, 6) is -0.404. The van der Waals surface area contributed by atoms with Crippen molar-refractivity contribution in [2.75, 3.05) is 12.8 Å². The number of ether oxygens (including phenoxy) is 1. The number of carbonyl (C=O) groups excluding carboxylic acids is 1. The number of esters is 1. The Morgan fingerprint density at radius 1 is 1.47 bits per heavy atom. The lowest BCUT2D eigenvalue weighted by Crippen LogP contribution is -2.02. The van der Waals surface area contributed by atoms with Crippen LogP contribution in [0.3, 0.4) is 0 Å². The maximum atomic E-state index is 11.4. The molecule has 0 aliphatic heterocycles. The van der Waals surface area contributed by atoms with Gasteiger partial charge in [-0.25, -0.2) is 4.79 Å². The van der Waals surface area contributed by atoms with Crippen LogP contribution in [-0.2, 0) is 4.74 Å². The molecule has 0 fully saturated rings. The van der Waals surface area contributed by atoms with Gasteiger partial charge in [0.2, 0.25) is 0 Å². The number of anilines is 1. The Balaban J connectivity index is 3.09. The first-order valence-corrected chi connectivity index (χ1v) is 5.57. The monoisotopic (exact) mass is 256 g/mol. The highest BCUT2D eigenvalue weighted by Gasteiger charge is 2.06. The first-order chi connectivity index (χ1) is 9.12. The number of aliphatic imine (C=N–C) groups is 1. The number of rotatable bonds is 5. The lowest BCUT2D eigenvalue weighted by atomic mass is 10.1. The van der Waals surface area contributed by atoms with E-state index in [1.165, 1.54) is 7.11 Å². The van der Waals surface area contributed by atoms with Crippen LogP contribution in [0.5, 0.6) is 0 Å². The van der Waals surface area contributed by atoms with Gasteiger partial charge in [-0.05, 0) is 42.6 Å². The molecule has 98 valence electrons. The fourth-order valence-corrected chi connectivity index (χ4v) is 1.42. The smallest absolute Gasteiger partial charge is 0.337 e. The largest absolute Gasteiger partial charge is 0.465 e. The Hall–Kier alpha value is -2.62. The van der Waals surface area contributed by atoms with Crippen molar-refractivity contribution in [3.8, 4) is 0 Å². The second-order valence-corrected chi connectivity index (χ2v) is 3.65. The van der Waals surface area contributed by atoms with Gasteiger partial charge < -0.3 is 10.5 Å². The molecule has 0 bridgehead atoms. The molecule has 1 aromatic rings. The molecule has 0 spiro atoms. The van der Waals surface area contributed by atoms with E-state index >= 15 is 0 Å². The van der Waals surface area contributed by atoms with Crippen LogP contribution in [0.1, 0.15) is 15.9 Å². The van der Waals surface area contributed by atoms with Crippen LogP contribution in [0.25, 0.3) is 6.08 Å². The summed E-state index contributed by atoms with van der Waals surface area (Å²) in [4.78, 5) is 15.3. The molecule has 0 aliphatic carbocycles. The van der Waals surface area contributed by atoms with E-state index in [4.69, 9.17) is 5.73 Å². The third kappa shape index (κ3) is 3.96. The number of hydrogen-bond acceptors (Lipinski definition) is 4. The van der Waals surface area contributed by atoms with Crippen molar-refractivity contribution in [1.82, 2.24) is 0 Å². The molecular weight excluding hydrogens is 240 g/mol. The number of nitrogen functional groups attached to an aromatic ring is 1. The molecular formula is C15H16N2O2. The van der Waals surface area contributed by atoms with E-state index in [0.29, 0.717) is 22.5 Å². The van der Waals surface area contributed by atoms with Gasteiger partial charge in [0, 0.05) is 5.69 Å². The maximum Gasteiger partial charge on any atom is 0.337 e. The van der Waals surface area contributed by atoms with Crippen molar-refractivity contribution in [3.63, 3.8) is 0 Å². The molecule has 0 amide bonds. The summed E-state index contributed by atoms with van der Waals surface area (Å²) in [5, 5.41) is 0. The molecule has 0 heterocycles. The lowest BCUT2D eigenvalue weighted by molar-refractivity contribution is 0.0601. The Morgan fingerprint density at radius 3 is 2.79 bits per heavy atom. The summed E-state index contributed by atoms with van der Waals surface area (Å²) < 4.78 is 4.66. The normalized spacial score (nSPS) is 11.3. The molecule has 4 nitrogen and oxygen atoms in total. The number of benzene rings is 1. The number of allylic oxidation sites excluding steroid dienone is 3. The van der Waals surface area contributed by atoms with Crippen LogP contribution in [-0.4, -0.2) is 19.8 Å². The quantitative estimate of drug-likeness (QED) is 0.381. The fourth-order valence-electron chi connectivity index (χ4n) is 1.42. The number of carbonyl (C=O) groups is 1. The molecule has 0 aromatic heterocycles. The number of methoxy groups -OCH3 is 1. The van der Waals surface area contributed by atoms with Crippen LogP contribution in [0.15, 0.2) is 53.7 Å². The first-order valence-electron chi connectivity index (χ1n) is 5.57. The molecule has 1 rings (SSSR count). The fraction of sp³-hybridized carbons (Fsp3) is 0.0667. The zero-order valence-corrected chi connectivity index (χ0v) is 10.8. The van der Waals surface area contributed by atoms with Crippen LogP contribution in [0.4, 0.5) is 5.69 Å². The molecule has 1 aromatic carbocycles. The van der Waals surface area contributed by atoms with Crippen molar-refractivity contribution in [2.45, 2.75) is 0 Å². The minimum absolute atomic E-state index is 0.404. The van der Waals surface area contributed by atoms with Gasteiger partial charge in [0.05, 0.1) is 18.4 Å². The highest BCUT2D eigenvalue weighted by molar-refractivity contribution is 5.91. The molecule has 0 saturated carbocycles. The minimum atomic E-state index is -0.404. The van der Waals surface area contributed by atoms with E-state index in [2.05, 4.69) is 23.0 Å². The molecule has 0 atom stereocenters. The predicted octanol–water partition coefficient (Wildman–Crippen LogP) is 2.84. The third-order valence-corrected chi connectivity index (χ3v) is 2.41. The Morgan fingerprint density at radius 2 is 2.21 bits per heavy atom.